The van der Waals surface area contributed by atoms with Crippen molar-refractivity contribution in [2.75, 3.05) is 6.54 Å². The van der Waals surface area contributed by atoms with Gasteiger partial charge in [0.2, 0.25) is 0 Å². The van der Waals surface area contributed by atoms with Crippen LogP contribution in [0.3, 0.4) is 0 Å². The van der Waals surface area contributed by atoms with Gasteiger partial charge in [-0.25, -0.2) is 0 Å². The molecule has 3 N–H and O–H groups in total. The van der Waals surface area contributed by atoms with E-state index in [1.807, 2.05) is 11.4 Å². The predicted molar refractivity (Wildman–Crippen MR) is 79.1 cm³/mol. The molecule has 0 radical (unpaired) electrons. The first kappa shape index (κ1) is 14.1. The van der Waals surface area contributed by atoms with Crippen molar-refractivity contribution < 1.29 is 4.79 Å². The average Bonchev–Trinajstić information content (AvgIpc) is 2.84. The normalized spacial score (nSPS) is 22.4. The third-order valence-electron chi connectivity index (χ3n) is 3.47. The van der Waals surface area contributed by atoms with E-state index >= 15 is 0 Å². The molecule has 1 aliphatic carbocycles. The van der Waals surface area contributed by atoms with Crippen molar-refractivity contribution in [3.8, 4) is 11.8 Å². The quantitative estimate of drug-likeness (QED) is 0.815. The summed E-state index contributed by atoms with van der Waals surface area (Å²) in [5.74, 6) is 6.47. The summed E-state index contributed by atoms with van der Waals surface area (Å²) < 4.78 is 0. The van der Waals surface area contributed by atoms with Crippen molar-refractivity contribution >= 4 is 17.2 Å². The van der Waals surface area contributed by atoms with Gasteiger partial charge >= 0.3 is 0 Å². The summed E-state index contributed by atoms with van der Waals surface area (Å²) in [6.07, 6.45) is 4.65. The van der Waals surface area contributed by atoms with E-state index in [9.17, 15) is 4.79 Å². The van der Waals surface area contributed by atoms with Crippen molar-refractivity contribution in [3.63, 3.8) is 0 Å². The SMILES string of the molecule is CC1CCCC(NC(=O)c2sccc2C#CCN)C1. The van der Waals surface area contributed by atoms with Crippen molar-refractivity contribution in [3.05, 3.63) is 21.9 Å². The fourth-order valence-electron chi connectivity index (χ4n) is 2.55. The first-order valence-corrected chi connectivity index (χ1v) is 7.66. The van der Waals surface area contributed by atoms with Gasteiger partial charge in [0, 0.05) is 11.6 Å². The molecule has 102 valence electrons. The summed E-state index contributed by atoms with van der Waals surface area (Å²) in [6.45, 7) is 2.57. The Hall–Kier alpha value is -1.31. The Morgan fingerprint density at radius 3 is 3.16 bits per heavy atom. The Morgan fingerprint density at radius 2 is 2.42 bits per heavy atom. The minimum absolute atomic E-state index is 0.00965. The molecule has 19 heavy (non-hydrogen) atoms. The van der Waals surface area contributed by atoms with E-state index in [1.165, 1.54) is 24.2 Å². The number of amides is 1. The van der Waals surface area contributed by atoms with Gasteiger partial charge in [-0.05, 0) is 30.2 Å². The van der Waals surface area contributed by atoms with Crippen LogP contribution in [0.4, 0.5) is 0 Å². The van der Waals surface area contributed by atoms with E-state index in [2.05, 4.69) is 24.1 Å². The third-order valence-corrected chi connectivity index (χ3v) is 4.38. The first-order valence-electron chi connectivity index (χ1n) is 6.78. The van der Waals surface area contributed by atoms with E-state index in [-0.39, 0.29) is 5.91 Å². The van der Waals surface area contributed by atoms with Crippen LogP contribution in [0.2, 0.25) is 0 Å². The highest BCUT2D eigenvalue weighted by molar-refractivity contribution is 7.12. The van der Waals surface area contributed by atoms with Crippen LogP contribution < -0.4 is 11.1 Å². The summed E-state index contributed by atoms with van der Waals surface area (Å²) in [4.78, 5) is 13.0. The number of carbonyl (C=O) groups excluding carboxylic acids is 1. The molecule has 2 rings (SSSR count). The van der Waals surface area contributed by atoms with Crippen LogP contribution >= 0.6 is 11.3 Å². The second-order valence-electron chi connectivity index (χ2n) is 5.11. The number of hydrogen-bond donors (Lipinski definition) is 2. The zero-order valence-corrected chi connectivity index (χ0v) is 12.1. The van der Waals surface area contributed by atoms with Crippen LogP contribution in [0.1, 0.15) is 47.8 Å². The fourth-order valence-corrected chi connectivity index (χ4v) is 3.30. The van der Waals surface area contributed by atoms with Crippen LogP contribution in [-0.4, -0.2) is 18.5 Å². The van der Waals surface area contributed by atoms with Crippen molar-refractivity contribution in [1.82, 2.24) is 5.32 Å². The molecule has 0 saturated heterocycles. The van der Waals surface area contributed by atoms with E-state index in [0.717, 1.165) is 18.4 Å². The zero-order chi connectivity index (χ0) is 13.7. The van der Waals surface area contributed by atoms with Crippen molar-refractivity contribution in [2.24, 2.45) is 11.7 Å². The van der Waals surface area contributed by atoms with E-state index < -0.39 is 0 Å². The number of nitrogens with one attached hydrogen (secondary N) is 1. The summed E-state index contributed by atoms with van der Waals surface area (Å²) in [5.41, 5.74) is 6.15. The van der Waals surface area contributed by atoms with Gasteiger partial charge in [0.15, 0.2) is 0 Å². The Balaban J connectivity index is 2.01. The number of thiophene rings is 1. The second kappa shape index (κ2) is 6.74. The minimum atomic E-state index is 0.00965. The standard InChI is InChI=1S/C15H20N2OS/c1-11-4-2-6-13(10-11)17-15(18)14-12(5-3-8-16)7-9-19-14/h7,9,11,13H,2,4,6,8,10,16H2,1H3,(H,17,18). The molecule has 1 amide bonds. The molecular weight excluding hydrogens is 256 g/mol. The topological polar surface area (TPSA) is 55.1 Å². The largest absolute Gasteiger partial charge is 0.349 e. The molecular formula is C15H20N2OS. The number of carbonyl (C=O) groups is 1. The van der Waals surface area contributed by atoms with E-state index in [4.69, 9.17) is 5.73 Å². The van der Waals surface area contributed by atoms with Crippen LogP contribution in [-0.2, 0) is 0 Å². The zero-order valence-electron chi connectivity index (χ0n) is 11.2. The molecule has 0 bridgehead atoms. The second-order valence-corrected chi connectivity index (χ2v) is 6.03. The van der Waals surface area contributed by atoms with Crippen molar-refractivity contribution in [2.45, 2.75) is 38.6 Å². The first-order chi connectivity index (χ1) is 9.20. The molecule has 0 aliphatic heterocycles. The predicted octanol–water partition coefficient (Wildman–Crippen LogP) is 2.37. The summed E-state index contributed by atoms with van der Waals surface area (Å²) in [5, 5.41) is 5.04. The molecule has 4 heteroatoms. The van der Waals surface area contributed by atoms with Crippen LogP contribution in [0.25, 0.3) is 0 Å². The Labute approximate surface area is 118 Å². The molecule has 2 atom stereocenters. The third kappa shape index (κ3) is 3.82. The monoisotopic (exact) mass is 276 g/mol. The van der Waals surface area contributed by atoms with Gasteiger partial charge in [-0.2, -0.15) is 0 Å². The number of nitrogens with two attached hydrogens (primary N) is 1. The molecule has 1 fully saturated rings. The van der Waals surface area contributed by atoms with E-state index in [1.54, 1.807) is 0 Å². The van der Waals surface area contributed by atoms with Crippen molar-refractivity contribution in [1.29, 1.82) is 0 Å². The maximum absolute atomic E-state index is 12.3. The fraction of sp³-hybridized carbons (Fsp3) is 0.533. The Morgan fingerprint density at radius 1 is 1.58 bits per heavy atom. The molecule has 1 aromatic rings. The highest BCUT2D eigenvalue weighted by atomic mass is 32.1. The Bertz CT molecular complexity index is 498. The van der Waals surface area contributed by atoms with E-state index in [0.29, 0.717) is 23.4 Å². The number of rotatable bonds is 2. The molecule has 1 aliphatic rings. The molecule has 0 aromatic carbocycles. The van der Waals surface area contributed by atoms with Crippen LogP contribution in [0, 0.1) is 17.8 Å². The van der Waals surface area contributed by atoms with Gasteiger partial charge in [-0.3, -0.25) is 4.79 Å². The molecule has 3 nitrogen and oxygen atoms in total. The minimum Gasteiger partial charge on any atom is -0.349 e. The highest BCUT2D eigenvalue weighted by Gasteiger charge is 2.22. The van der Waals surface area contributed by atoms with Gasteiger partial charge in [0.1, 0.15) is 4.88 Å². The van der Waals surface area contributed by atoms with Gasteiger partial charge in [0.05, 0.1) is 6.54 Å². The lowest BCUT2D eigenvalue weighted by Crippen LogP contribution is -2.37. The van der Waals surface area contributed by atoms with Crippen LogP contribution in [0.15, 0.2) is 11.4 Å². The van der Waals surface area contributed by atoms with Gasteiger partial charge in [-0.15, -0.1) is 11.3 Å². The van der Waals surface area contributed by atoms with Gasteiger partial charge in [-0.1, -0.05) is 31.6 Å². The number of hydrogen-bond acceptors (Lipinski definition) is 3. The van der Waals surface area contributed by atoms with Gasteiger partial charge < -0.3 is 11.1 Å². The molecule has 1 aromatic heterocycles. The smallest absolute Gasteiger partial charge is 0.262 e. The molecule has 1 saturated carbocycles. The maximum Gasteiger partial charge on any atom is 0.262 e. The summed E-state index contributed by atoms with van der Waals surface area (Å²) >= 11 is 1.44. The lowest BCUT2D eigenvalue weighted by molar-refractivity contribution is 0.0925. The average molecular weight is 276 g/mol. The Kier molecular flexibility index (Phi) is 5.00. The lowest BCUT2D eigenvalue weighted by Gasteiger charge is -2.27. The molecule has 2 unspecified atom stereocenters. The van der Waals surface area contributed by atoms with Crippen LogP contribution in [0.5, 0.6) is 0 Å². The molecule has 1 heterocycles. The highest BCUT2D eigenvalue weighted by Crippen LogP contribution is 2.24. The summed E-state index contributed by atoms with van der Waals surface area (Å²) in [7, 11) is 0. The lowest BCUT2D eigenvalue weighted by atomic mass is 9.87. The maximum atomic E-state index is 12.3. The summed E-state index contributed by atoms with van der Waals surface area (Å²) in [6, 6.07) is 2.19. The molecule has 0 spiro atoms. The van der Waals surface area contributed by atoms with Gasteiger partial charge in [0.25, 0.3) is 5.91 Å².